The molecule has 31 heavy (non-hydrogen) atoms. The fourth-order valence-electron chi connectivity index (χ4n) is 3.87. The number of aliphatic hydroxyl groups is 1. The summed E-state index contributed by atoms with van der Waals surface area (Å²) in [6, 6.07) is 14.0. The van der Waals surface area contributed by atoms with Gasteiger partial charge in [-0.3, -0.25) is 0 Å². The Morgan fingerprint density at radius 2 is 1.97 bits per heavy atom. The first-order valence-electron chi connectivity index (χ1n) is 10.3. The molecule has 0 spiro atoms. The molecule has 1 aliphatic heterocycles. The molecule has 0 unspecified atom stereocenters. The van der Waals surface area contributed by atoms with E-state index in [0.717, 1.165) is 31.6 Å². The zero-order valence-corrected chi connectivity index (χ0v) is 19.1. The van der Waals surface area contributed by atoms with E-state index in [1.807, 2.05) is 12.1 Å². The van der Waals surface area contributed by atoms with Crippen LogP contribution in [-0.4, -0.2) is 57.0 Å². The number of halogens is 1. The lowest BCUT2D eigenvalue weighted by Crippen LogP contribution is -2.24. The number of nitrogens with zero attached hydrogens (tertiary/aromatic N) is 2. The van der Waals surface area contributed by atoms with Crippen molar-refractivity contribution in [3.05, 3.63) is 58.6 Å². The number of sulfone groups is 1. The molecule has 0 saturated carbocycles. The third kappa shape index (κ3) is 6.44. The predicted octanol–water partition coefficient (Wildman–Crippen LogP) is 3.17. The first kappa shape index (κ1) is 23.6. The van der Waals surface area contributed by atoms with Gasteiger partial charge in [-0.05, 0) is 60.4 Å². The van der Waals surface area contributed by atoms with Gasteiger partial charge in [-0.1, -0.05) is 18.5 Å². The normalized spacial score (nSPS) is 19.3. The SMILES string of the molecule is C[C@@H]1CN(CCc2cc(Cl)cc(C#N)c2)C[C@H]1COc1ccc(S(=O)(=O)CCO)cc1. The topological polar surface area (TPSA) is 90.6 Å². The molecule has 2 aromatic carbocycles. The van der Waals surface area contributed by atoms with Crippen LogP contribution in [0.5, 0.6) is 5.75 Å². The second-order valence-electron chi connectivity index (χ2n) is 8.03. The number of rotatable bonds is 9. The maximum absolute atomic E-state index is 12.0. The quantitative estimate of drug-likeness (QED) is 0.615. The van der Waals surface area contributed by atoms with E-state index in [9.17, 15) is 8.42 Å². The molecule has 6 nitrogen and oxygen atoms in total. The van der Waals surface area contributed by atoms with Gasteiger partial charge in [0.15, 0.2) is 9.84 Å². The van der Waals surface area contributed by atoms with E-state index < -0.39 is 16.4 Å². The van der Waals surface area contributed by atoms with Crippen LogP contribution in [0.2, 0.25) is 5.02 Å². The molecule has 1 fully saturated rings. The van der Waals surface area contributed by atoms with Crippen molar-refractivity contribution in [3.63, 3.8) is 0 Å². The first-order valence-corrected chi connectivity index (χ1v) is 12.3. The Labute approximate surface area is 188 Å². The van der Waals surface area contributed by atoms with Crippen molar-refractivity contribution >= 4 is 21.4 Å². The summed E-state index contributed by atoms with van der Waals surface area (Å²) in [6.45, 7) is 5.19. The van der Waals surface area contributed by atoms with Crippen LogP contribution in [0.4, 0.5) is 0 Å². The van der Waals surface area contributed by atoms with E-state index in [0.29, 0.717) is 34.8 Å². The standard InChI is InChI=1S/C23H27ClN2O4S/c1-17-14-26(7-6-18-10-19(13-25)12-21(24)11-18)15-20(17)16-30-22-2-4-23(5-3-22)31(28,29)9-8-27/h2-5,10-12,17,20,27H,6-9,14-16H2,1H3/t17-,20+/m1/s1. The maximum Gasteiger partial charge on any atom is 0.180 e. The monoisotopic (exact) mass is 462 g/mol. The van der Waals surface area contributed by atoms with E-state index in [4.69, 9.17) is 26.7 Å². The Kier molecular flexibility index (Phi) is 7.95. The summed E-state index contributed by atoms with van der Waals surface area (Å²) in [5.41, 5.74) is 1.64. The van der Waals surface area contributed by atoms with E-state index >= 15 is 0 Å². The summed E-state index contributed by atoms with van der Waals surface area (Å²) in [6.07, 6.45) is 0.833. The second-order valence-corrected chi connectivity index (χ2v) is 10.6. The molecule has 1 saturated heterocycles. The predicted molar refractivity (Wildman–Crippen MR) is 120 cm³/mol. The summed E-state index contributed by atoms with van der Waals surface area (Å²) < 4.78 is 29.9. The molecule has 2 atom stereocenters. The van der Waals surface area contributed by atoms with Gasteiger partial charge < -0.3 is 14.7 Å². The van der Waals surface area contributed by atoms with Gasteiger partial charge in [-0.15, -0.1) is 0 Å². The third-order valence-corrected chi connectivity index (χ3v) is 7.58. The van der Waals surface area contributed by atoms with Crippen molar-refractivity contribution in [2.75, 3.05) is 38.6 Å². The molecule has 0 amide bonds. The van der Waals surface area contributed by atoms with Crippen molar-refractivity contribution in [2.24, 2.45) is 11.8 Å². The van der Waals surface area contributed by atoms with E-state index in [2.05, 4.69) is 17.9 Å². The van der Waals surface area contributed by atoms with Crippen LogP contribution in [0, 0.1) is 23.2 Å². The lowest BCUT2D eigenvalue weighted by atomic mass is 9.99. The first-order chi connectivity index (χ1) is 14.8. The molecule has 0 aromatic heterocycles. The van der Waals surface area contributed by atoms with Gasteiger partial charge in [0.2, 0.25) is 0 Å². The highest BCUT2D eigenvalue weighted by Crippen LogP contribution is 2.25. The molecule has 166 valence electrons. The number of hydrogen-bond donors (Lipinski definition) is 1. The Balaban J connectivity index is 1.50. The van der Waals surface area contributed by atoms with Gasteiger partial charge in [0.1, 0.15) is 5.75 Å². The Hall–Kier alpha value is -2.11. The minimum Gasteiger partial charge on any atom is -0.493 e. The van der Waals surface area contributed by atoms with Crippen molar-refractivity contribution < 1.29 is 18.3 Å². The lowest BCUT2D eigenvalue weighted by Gasteiger charge is -2.17. The fourth-order valence-corrected chi connectivity index (χ4v) is 5.16. The molecule has 0 aliphatic carbocycles. The van der Waals surface area contributed by atoms with E-state index in [1.165, 1.54) is 12.1 Å². The highest BCUT2D eigenvalue weighted by molar-refractivity contribution is 7.91. The molecule has 0 bridgehead atoms. The molecule has 3 rings (SSSR count). The average molecular weight is 463 g/mol. The van der Waals surface area contributed by atoms with Crippen LogP contribution in [0.15, 0.2) is 47.4 Å². The highest BCUT2D eigenvalue weighted by atomic mass is 35.5. The van der Waals surface area contributed by atoms with Gasteiger partial charge in [-0.2, -0.15) is 5.26 Å². The lowest BCUT2D eigenvalue weighted by molar-refractivity contribution is 0.225. The molecule has 8 heteroatoms. The highest BCUT2D eigenvalue weighted by Gasteiger charge is 2.29. The molecule has 1 aliphatic rings. The molecular formula is C23H27ClN2O4S. The van der Waals surface area contributed by atoms with Crippen LogP contribution in [0.3, 0.4) is 0 Å². The number of nitriles is 1. The van der Waals surface area contributed by atoms with Gasteiger partial charge >= 0.3 is 0 Å². The Morgan fingerprint density at radius 1 is 1.23 bits per heavy atom. The van der Waals surface area contributed by atoms with Crippen LogP contribution in [0.25, 0.3) is 0 Å². The number of aliphatic hydroxyl groups excluding tert-OH is 1. The minimum absolute atomic E-state index is 0.190. The van der Waals surface area contributed by atoms with Crippen molar-refractivity contribution in [3.8, 4) is 11.8 Å². The van der Waals surface area contributed by atoms with Crippen molar-refractivity contribution in [1.29, 1.82) is 5.26 Å². The molecule has 2 aromatic rings. The van der Waals surface area contributed by atoms with E-state index in [-0.39, 0.29) is 10.6 Å². The largest absolute Gasteiger partial charge is 0.493 e. The van der Waals surface area contributed by atoms with Gasteiger partial charge in [-0.25, -0.2) is 8.42 Å². The summed E-state index contributed by atoms with van der Waals surface area (Å²) in [5, 5.41) is 18.6. The third-order valence-electron chi connectivity index (χ3n) is 5.65. The van der Waals surface area contributed by atoms with Gasteiger partial charge in [0, 0.05) is 30.6 Å². The number of hydrogen-bond acceptors (Lipinski definition) is 6. The molecule has 0 radical (unpaired) electrons. The Bertz CT molecular complexity index is 1030. The molecule has 1 N–H and O–H groups in total. The summed E-state index contributed by atoms with van der Waals surface area (Å²) in [5.74, 6) is 1.22. The number of ether oxygens (including phenoxy) is 1. The summed E-state index contributed by atoms with van der Waals surface area (Å²) in [7, 11) is -3.45. The van der Waals surface area contributed by atoms with Crippen LogP contribution < -0.4 is 4.74 Å². The smallest absolute Gasteiger partial charge is 0.180 e. The van der Waals surface area contributed by atoms with Crippen LogP contribution in [-0.2, 0) is 16.3 Å². The van der Waals surface area contributed by atoms with Gasteiger partial charge in [0.25, 0.3) is 0 Å². The molecular weight excluding hydrogens is 436 g/mol. The van der Waals surface area contributed by atoms with Crippen LogP contribution in [0.1, 0.15) is 18.1 Å². The zero-order valence-electron chi connectivity index (χ0n) is 17.5. The zero-order chi connectivity index (χ0) is 22.4. The van der Waals surface area contributed by atoms with Crippen molar-refractivity contribution in [1.82, 2.24) is 4.90 Å². The fraction of sp³-hybridized carbons (Fsp3) is 0.435. The number of benzene rings is 2. The number of likely N-dealkylation sites (tertiary alicyclic amines) is 1. The summed E-state index contributed by atoms with van der Waals surface area (Å²) >= 11 is 6.09. The van der Waals surface area contributed by atoms with E-state index in [1.54, 1.807) is 18.2 Å². The average Bonchev–Trinajstić information content (AvgIpc) is 3.10. The second kappa shape index (κ2) is 10.5. The minimum atomic E-state index is -3.45. The van der Waals surface area contributed by atoms with Crippen LogP contribution >= 0.6 is 11.6 Å². The Morgan fingerprint density at radius 3 is 2.65 bits per heavy atom. The molecule has 1 heterocycles. The summed E-state index contributed by atoms with van der Waals surface area (Å²) in [4.78, 5) is 2.59. The maximum atomic E-state index is 12.0. The van der Waals surface area contributed by atoms with Crippen molar-refractivity contribution in [2.45, 2.75) is 18.2 Å². The van der Waals surface area contributed by atoms with Gasteiger partial charge in [0.05, 0.1) is 35.5 Å².